The van der Waals surface area contributed by atoms with Crippen LogP contribution >= 0.6 is 34.8 Å². The molecule has 0 unspecified atom stereocenters. The second kappa shape index (κ2) is 6.21. The van der Waals surface area contributed by atoms with Gasteiger partial charge in [-0.3, -0.25) is 4.72 Å². The highest BCUT2D eigenvalue weighted by Gasteiger charge is 2.17. The topological polar surface area (TPSA) is 46.2 Å². The monoisotopic (exact) mass is 385 g/mol. The molecule has 3 aromatic rings. The molecule has 0 spiro atoms. The first-order valence-electron chi connectivity index (χ1n) is 6.53. The molecule has 23 heavy (non-hydrogen) atoms. The van der Waals surface area contributed by atoms with Crippen molar-refractivity contribution >= 4 is 61.3 Å². The summed E-state index contributed by atoms with van der Waals surface area (Å²) in [7, 11) is -3.79. The van der Waals surface area contributed by atoms with Crippen molar-refractivity contribution in [3.63, 3.8) is 0 Å². The second-order valence-corrected chi connectivity index (χ2v) is 7.73. The molecule has 3 rings (SSSR count). The molecule has 0 saturated carbocycles. The van der Waals surface area contributed by atoms with Gasteiger partial charge in [0.05, 0.1) is 20.6 Å². The Morgan fingerprint density at radius 3 is 2.09 bits per heavy atom. The predicted octanol–water partition coefficient (Wildman–Crippen LogP) is 5.60. The van der Waals surface area contributed by atoms with Gasteiger partial charge in [-0.2, -0.15) is 0 Å². The molecule has 0 aliphatic rings. The summed E-state index contributed by atoms with van der Waals surface area (Å²) in [5, 5.41) is 2.50. The van der Waals surface area contributed by atoms with Crippen LogP contribution in [0, 0.1) is 0 Å². The lowest BCUT2D eigenvalue weighted by molar-refractivity contribution is 0.601. The summed E-state index contributed by atoms with van der Waals surface area (Å²) in [5.41, 5.74) is 0.441. The zero-order valence-corrected chi connectivity index (χ0v) is 14.6. The van der Waals surface area contributed by atoms with Gasteiger partial charge in [-0.15, -0.1) is 0 Å². The Bertz CT molecular complexity index is 1000. The summed E-state index contributed by atoms with van der Waals surface area (Å²) >= 11 is 17.9. The van der Waals surface area contributed by atoms with Crippen LogP contribution < -0.4 is 4.72 Å². The van der Waals surface area contributed by atoms with Gasteiger partial charge in [0, 0.05) is 15.8 Å². The van der Waals surface area contributed by atoms with Gasteiger partial charge in [0.1, 0.15) is 0 Å². The maximum atomic E-state index is 12.5. The number of fused-ring (bicyclic) bond motifs is 1. The van der Waals surface area contributed by atoms with Crippen molar-refractivity contribution in [3.8, 4) is 0 Å². The van der Waals surface area contributed by atoms with Gasteiger partial charge in [-0.05, 0) is 30.3 Å². The molecule has 0 radical (unpaired) electrons. The lowest BCUT2D eigenvalue weighted by Crippen LogP contribution is -2.13. The third-order valence-corrected chi connectivity index (χ3v) is 5.75. The molecule has 118 valence electrons. The van der Waals surface area contributed by atoms with Gasteiger partial charge in [-0.1, -0.05) is 59.1 Å². The Morgan fingerprint density at radius 1 is 0.739 bits per heavy atom. The summed E-state index contributed by atoms with van der Waals surface area (Å²) < 4.78 is 27.7. The normalized spacial score (nSPS) is 11.6. The number of hydrogen-bond donors (Lipinski definition) is 1. The van der Waals surface area contributed by atoms with Crippen LogP contribution in [-0.2, 0) is 10.0 Å². The molecule has 0 aliphatic heterocycles. The van der Waals surface area contributed by atoms with Crippen LogP contribution in [0.3, 0.4) is 0 Å². The van der Waals surface area contributed by atoms with Crippen LogP contribution in [0.2, 0.25) is 15.1 Å². The lowest BCUT2D eigenvalue weighted by Gasteiger charge is -2.12. The molecule has 0 aliphatic carbocycles. The van der Waals surface area contributed by atoms with E-state index in [0.29, 0.717) is 21.1 Å². The molecule has 0 aromatic heterocycles. The quantitative estimate of drug-likeness (QED) is 0.636. The molecule has 1 N–H and O–H groups in total. The molecule has 0 bridgehead atoms. The van der Waals surface area contributed by atoms with E-state index in [0.717, 1.165) is 5.39 Å². The largest absolute Gasteiger partial charge is 0.279 e. The van der Waals surface area contributed by atoms with E-state index in [-0.39, 0.29) is 9.92 Å². The first-order valence-corrected chi connectivity index (χ1v) is 9.15. The highest BCUT2D eigenvalue weighted by Crippen LogP contribution is 2.32. The van der Waals surface area contributed by atoms with Crippen LogP contribution in [0.1, 0.15) is 0 Å². The summed E-state index contributed by atoms with van der Waals surface area (Å²) in [6.07, 6.45) is 0. The van der Waals surface area contributed by atoms with E-state index in [1.165, 1.54) is 18.2 Å². The van der Waals surface area contributed by atoms with E-state index < -0.39 is 10.0 Å². The minimum absolute atomic E-state index is 0.0333. The minimum atomic E-state index is -3.79. The Hall–Kier alpha value is -1.46. The number of benzene rings is 3. The third kappa shape index (κ3) is 3.26. The number of anilines is 1. The smallest absolute Gasteiger partial charge is 0.261 e. The Labute approximate surface area is 148 Å². The minimum Gasteiger partial charge on any atom is -0.279 e. The van der Waals surface area contributed by atoms with Crippen molar-refractivity contribution < 1.29 is 8.42 Å². The highest BCUT2D eigenvalue weighted by atomic mass is 35.5. The standard InChI is InChI=1S/C16H10Cl3NO2S/c17-13-7-8-16(12-4-2-1-3-11(12)13)20-23(21,22)10-5-6-14(18)15(19)9-10/h1-9,20H. The van der Waals surface area contributed by atoms with E-state index in [9.17, 15) is 8.42 Å². The molecule has 0 amide bonds. The summed E-state index contributed by atoms with van der Waals surface area (Å²) in [6, 6.07) is 14.7. The van der Waals surface area contributed by atoms with Gasteiger partial charge in [0.15, 0.2) is 0 Å². The Morgan fingerprint density at radius 2 is 1.39 bits per heavy atom. The Balaban J connectivity index is 2.07. The van der Waals surface area contributed by atoms with Crippen LogP contribution in [0.4, 0.5) is 5.69 Å². The lowest BCUT2D eigenvalue weighted by atomic mass is 10.1. The fourth-order valence-electron chi connectivity index (χ4n) is 2.20. The predicted molar refractivity (Wildman–Crippen MR) is 96.2 cm³/mol. The summed E-state index contributed by atoms with van der Waals surface area (Å²) in [6.45, 7) is 0. The first kappa shape index (κ1) is 16.4. The molecule has 3 aromatic carbocycles. The second-order valence-electron chi connectivity index (χ2n) is 4.82. The molecular weight excluding hydrogens is 377 g/mol. The number of halogens is 3. The van der Waals surface area contributed by atoms with Crippen molar-refractivity contribution in [3.05, 3.63) is 69.7 Å². The van der Waals surface area contributed by atoms with E-state index in [4.69, 9.17) is 34.8 Å². The fraction of sp³-hybridized carbons (Fsp3) is 0. The Kier molecular flexibility index (Phi) is 4.43. The number of nitrogens with one attached hydrogen (secondary N) is 1. The van der Waals surface area contributed by atoms with Crippen molar-refractivity contribution in [1.82, 2.24) is 0 Å². The van der Waals surface area contributed by atoms with Crippen LogP contribution in [0.25, 0.3) is 10.8 Å². The fourth-order valence-corrected chi connectivity index (χ4v) is 3.90. The SMILES string of the molecule is O=S(=O)(Nc1ccc(Cl)c2ccccc12)c1ccc(Cl)c(Cl)c1. The average Bonchev–Trinajstić information content (AvgIpc) is 2.53. The van der Waals surface area contributed by atoms with Gasteiger partial charge >= 0.3 is 0 Å². The maximum absolute atomic E-state index is 12.5. The van der Waals surface area contributed by atoms with Crippen molar-refractivity contribution in [2.75, 3.05) is 4.72 Å². The summed E-state index contributed by atoms with van der Waals surface area (Å²) in [5.74, 6) is 0. The van der Waals surface area contributed by atoms with Crippen LogP contribution in [0.15, 0.2) is 59.5 Å². The first-order chi connectivity index (χ1) is 10.9. The van der Waals surface area contributed by atoms with Crippen molar-refractivity contribution in [1.29, 1.82) is 0 Å². The van der Waals surface area contributed by atoms with E-state index in [1.807, 2.05) is 18.2 Å². The third-order valence-electron chi connectivity index (χ3n) is 3.32. The molecule has 7 heteroatoms. The van der Waals surface area contributed by atoms with Crippen LogP contribution in [-0.4, -0.2) is 8.42 Å². The van der Waals surface area contributed by atoms with Crippen molar-refractivity contribution in [2.45, 2.75) is 4.90 Å². The molecule has 0 heterocycles. The molecule has 3 nitrogen and oxygen atoms in total. The molecule has 0 fully saturated rings. The van der Waals surface area contributed by atoms with E-state index in [2.05, 4.69) is 4.72 Å². The van der Waals surface area contributed by atoms with Crippen LogP contribution in [0.5, 0.6) is 0 Å². The van der Waals surface area contributed by atoms with Gasteiger partial charge in [-0.25, -0.2) is 8.42 Å². The number of rotatable bonds is 3. The average molecular weight is 387 g/mol. The highest BCUT2D eigenvalue weighted by molar-refractivity contribution is 7.92. The zero-order valence-electron chi connectivity index (χ0n) is 11.6. The molecule has 0 atom stereocenters. The molecular formula is C16H10Cl3NO2S. The van der Waals surface area contributed by atoms with Crippen molar-refractivity contribution in [2.24, 2.45) is 0 Å². The van der Waals surface area contributed by atoms with E-state index >= 15 is 0 Å². The van der Waals surface area contributed by atoms with Gasteiger partial charge in [0.2, 0.25) is 0 Å². The zero-order chi connectivity index (χ0) is 16.6. The van der Waals surface area contributed by atoms with Gasteiger partial charge < -0.3 is 0 Å². The van der Waals surface area contributed by atoms with Gasteiger partial charge in [0.25, 0.3) is 10.0 Å². The number of hydrogen-bond acceptors (Lipinski definition) is 2. The summed E-state index contributed by atoms with van der Waals surface area (Å²) in [4.78, 5) is 0.0333. The molecule has 0 saturated heterocycles. The number of sulfonamides is 1. The van der Waals surface area contributed by atoms with E-state index in [1.54, 1.807) is 18.2 Å². The maximum Gasteiger partial charge on any atom is 0.261 e.